The summed E-state index contributed by atoms with van der Waals surface area (Å²) >= 11 is 1.31. The van der Waals surface area contributed by atoms with Gasteiger partial charge in [-0.3, -0.25) is 9.59 Å². The lowest BCUT2D eigenvalue weighted by Crippen LogP contribution is -2.35. The van der Waals surface area contributed by atoms with E-state index in [1.54, 1.807) is 0 Å². The predicted octanol–water partition coefficient (Wildman–Crippen LogP) is 3.76. The Morgan fingerprint density at radius 3 is 2.52 bits per heavy atom. The lowest BCUT2D eigenvalue weighted by molar-refractivity contribution is -0.121. The Labute approximate surface area is 164 Å². The fraction of sp³-hybridized carbons (Fsp3) is 0.476. The van der Waals surface area contributed by atoms with E-state index < -0.39 is 0 Å². The molecule has 0 radical (unpaired) electrons. The number of carbonyl (C=O) groups excluding carboxylic acids is 2. The Bertz CT molecular complexity index is 765. The minimum absolute atomic E-state index is 0.00638. The number of thiazole rings is 1. The number of amides is 2. The lowest BCUT2D eigenvalue weighted by Gasteiger charge is -2.15. The van der Waals surface area contributed by atoms with Crippen LogP contribution in [0.5, 0.6) is 0 Å². The normalized spacial score (nSPS) is 15.1. The minimum Gasteiger partial charge on any atom is -0.353 e. The first kappa shape index (κ1) is 19.5. The van der Waals surface area contributed by atoms with Crippen LogP contribution in [0, 0.1) is 6.92 Å². The molecule has 0 bridgehead atoms. The van der Waals surface area contributed by atoms with Crippen molar-refractivity contribution in [3.63, 3.8) is 0 Å². The van der Waals surface area contributed by atoms with Crippen LogP contribution in [-0.2, 0) is 17.8 Å². The third kappa shape index (κ3) is 5.89. The Morgan fingerprint density at radius 2 is 1.81 bits per heavy atom. The molecule has 2 aromatic rings. The summed E-state index contributed by atoms with van der Waals surface area (Å²) in [7, 11) is 0. The zero-order chi connectivity index (χ0) is 19.1. The fourth-order valence-electron chi connectivity index (χ4n) is 3.44. The molecule has 0 aliphatic heterocycles. The van der Waals surface area contributed by atoms with Gasteiger partial charge in [-0.25, -0.2) is 4.98 Å². The van der Waals surface area contributed by atoms with E-state index in [0.717, 1.165) is 18.4 Å². The molecule has 1 aliphatic carbocycles. The van der Waals surface area contributed by atoms with E-state index in [2.05, 4.69) is 15.6 Å². The van der Waals surface area contributed by atoms with Crippen LogP contribution in [0.4, 0.5) is 0 Å². The van der Waals surface area contributed by atoms with Crippen LogP contribution >= 0.6 is 11.3 Å². The maximum atomic E-state index is 12.5. The van der Waals surface area contributed by atoms with Gasteiger partial charge in [0, 0.05) is 12.6 Å². The molecule has 1 saturated carbocycles. The SMILES string of the molecule is Cc1nc(CC(=O)NC2CCCCCC2)sc1C(=O)NCc1ccccc1. The van der Waals surface area contributed by atoms with E-state index in [4.69, 9.17) is 0 Å². The maximum absolute atomic E-state index is 12.5. The molecule has 1 heterocycles. The average molecular weight is 386 g/mol. The molecule has 3 rings (SSSR count). The zero-order valence-electron chi connectivity index (χ0n) is 15.8. The maximum Gasteiger partial charge on any atom is 0.263 e. The van der Waals surface area contributed by atoms with Crippen LogP contribution in [0.2, 0.25) is 0 Å². The van der Waals surface area contributed by atoms with Crippen molar-refractivity contribution in [1.82, 2.24) is 15.6 Å². The molecule has 0 unspecified atom stereocenters. The largest absolute Gasteiger partial charge is 0.353 e. The van der Waals surface area contributed by atoms with Gasteiger partial charge in [0.15, 0.2) is 0 Å². The van der Waals surface area contributed by atoms with Crippen molar-refractivity contribution in [2.45, 2.75) is 64.5 Å². The molecule has 0 spiro atoms. The molecule has 1 aliphatic rings. The van der Waals surface area contributed by atoms with Gasteiger partial charge in [0.2, 0.25) is 5.91 Å². The van der Waals surface area contributed by atoms with E-state index in [1.807, 2.05) is 37.3 Å². The minimum atomic E-state index is -0.135. The van der Waals surface area contributed by atoms with Gasteiger partial charge in [0.1, 0.15) is 9.88 Å². The molecular weight excluding hydrogens is 358 g/mol. The smallest absolute Gasteiger partial charge is 0.263 e. The summed E-state index contributed by atoms with van der Waals surface area (Å²) < 4.78 is 0. The number of hydrogen-bond acceptors (Lipinski definition) is 4. The Balaban J connectivity index is 1.53. The Hall–Kier alpha value is -2.21. The second-order valence-electron chi connectivity index (χ2n) is 7.12. The van der Waals surface area contributed by atoms with Crippen molar-refractivity contribution in [3.05, 3.63) is 51.5 Å². The number of aryl methyl sites for hydroxylation is 1. The first-order valence-electron chi connectivity index (χ1n) is 9.69. The van der Waals surface area contributed by atoms with Crippen molar-refractivity contribution in [2.75, 3.05) is 0 Å². The van der Waals surface area contributed by atoms with Crippen molar-refractivity contribution in [3.8, 4) is 0 Å². The summed E-state index contributed by atoms with van der Waals surface area (Å²) in [5.41, 5.74) is 1.74. The van der Waals surface area contributed by atoms with E-state index in [-0.39, 0.29) is 24.3 Å². The molecule has 27 heavy (non-hydrogen) atoms. The lowest BCUT2D eigenvalue weighted by atomic mass is 10.1. The molecule has 6 heteroatoms. The van der Waals surface area contributed by atoms with Gasteiger partial charge in [-0.1, -0.05) is 56.0 Å². The number of carbonyl (C=O) groups is 2. The van der Waals surface area contributed by atoms with Crippen LogP contribution in [0.1, 0.15) is 64.5 Å². The van der Waals surface area contributed by atoms with Crippen LogP contribution in [0.25, 0.3) is 0 Å². The third-order valence-corrected chi connectivity index (χ3v) is 6.03. The van der Waals surface area contributed by atoms with Crippen LogP contribution in [0.15, 0.2) is 30.3 Å². The van der Waals surface area contributed by atoms with Gasteiger partial charge in [-0.15, -0.1) is 11.3 Å². The summed E-state index contributed by atoms with van der Waals surface area (Å²) in [6.07, 6.45) is 7.28. The first-order chi connectivity index (χ1) is 13.1. The number of nitrogens with one attached hydrogen (secondary N) is 2. The number of hydrogen-bond donors (Lipinski definition) is 2. The Morgan fingerprint density at radius 1 is 1.11 bits per heavy atom. The summed E-state index contributed by atoms with van der Waals surface area (Å²) in [6, 6.07) is 10.1. The molecule has 0 atom stereocenters. The number of nitrogens with zero attached hydrogens (tertiary/aromatic N) is 1. The molecule has 144 valence electrons. The van der Waals surface area contributed by atoms with E-state index >= 15 is 0 Å². The predicted molar refractivity (Wildman–Crippen MR) is 108 cm³/mol. The molecule has 2 N–H and O–H groups in total. The van der Waals surface area contributed by atoms with Gasteiger partial charge >= 0.3 is 0 Å². The second-order valence-corrected chi connectivity index (χ2v) is 8.21. The van der Waals surface area contributed by atoms with Gasteiger partial charge in [0.25, 0.3) is 5.91 Å². The topological polar surface area (TPSA) is 71.1 Å². The molecule has 1 aromatic heterocycles. The quantitative estimate of drug-likeness (QED) is 0.744. The van der Waals surface area contributed by atoms with E-state index in [1.165, 1.54) is 37.0 Å². The number of aromatic nitrogens is 1. The second kappa shape index (κ2) is 9.65. The number of rotatable bonds is 6. The van der Waals surface area contributed by atoms with Crippen LogP contribution in [-0.4, -0.2) is 22.8 Å². The highest BCUT2D eigenvalue weighted by Crippen LogP contribution is 2.20. The molecule has 2 amide bonds. The van der Waals surface area contributed by atoms with Crippen molar-refractivity contribution in [2.24, 2.45) is 0 Å². The van der Waals surface area contributed by atoms with Gasteiger partial charge in [-0.2, -0.15) is 0 Å². The van der Waals surface area contributed by atoms with Gasteiger partial charge < -0.3 is 10.6 Å². The molecule has 1 aromatic carbocycles. The van der Waals surface area contributed by atoms with Crippen molar-refractivity contribution < 1.29 is 9.59 Å². The number of benzene rings is 1. The van der Waals surface area contributed by atoms with Crippen molar-refractivity contribution in [1.29, 1.82) is 0 Å². The van der Waals surface area contributed by atoms with Crippen LogP contribution < -0.4 is 10.6 Å². The fourth-order valence-corrected chi connectivity index (χ4v) is 4.42. The highest BCUT2D eigenvalue weighted by molar-refractivity contribution is 7.13. The van der Waals surface area contributed by atoms with E-state index in [0.29, 0.717) is 22.1 Å². The molecule has 5 nitrogen and oxygen atoms in total. The summed E-state index contributed by atoms with van der Waals surface area (Å²) in [6.45, 7) is 2.30. The van der Waals surface area contributed by atoms with Crippen molar-refractivity contribution >= 4 is 23.2 Å². The monoisotopic (exact) mass is 385 g/mol. The summed E-state index contributed by atoms with van der Waals surface area (Å²) in [5.74, 6) is -0.129. The van der Waals surface area contributed by atoms with Gasteiger partial charge in [0.05, 0.1) is 12.1 Å². The Kier molecular flexibility index (Phi) is 6.98. The van der Waals surface area contributed by atoms with E-state index in [9.17, 15) is 9.59 Å². The average Bonchev–Trinajstić information content (AvgIpc) is 2.85. The standard InChI is InChI=1S/C21H27N3O2S/c1-15-20(21(26)22-14-16-9-5-4-6-10-16)27-19(23-15)13-18(25)24-17-11-7-2-3-8-12-17/h4-6,9-10,17H,2-3,7-8,11-14H2,1H3,(H,22,26)(H,24,25). The van der Waals surface area contributed by atoms with Crippen LogP contribution in [0.3, 0.4) is 0 Å². The molecular formula is C21H27N3O2S. The zero-order valence-corrected chi connectivity index (χ0v) is 16.6. The molecule has 0 saturated heterocycles. The highest BCUT2D eigenvalue weighted by atomic mass is 32.1. The third-order valence-electron chi connectivity index (χ3n) is 4.88. The molecule has 1 fully saturated rings. The summed E-state index contributed by atoms with van der Waals surface area (Å²) in [5, 5.41) is 6.76. The van der Waals surface area contributed by atoms with Gasteiger partial charge in [-0.05, 0) is 25.3 Å². The highest BCUT2D eigenvalue weighted by Gasteiger charge is 2.19. The summed E-state index contributed by atoms with van der Waals surface area (Å²) in [4.78, 5) is 29.8. The first-order valence-corrected chi connectivity index (χ1v) is 10.5.